The molecule has 110 valence electrons. The van der Waals surface area contributed by atoms with Gasteiger partial charge in [0.15, 0.2) is 5.82 Å². The number of hydrogen-bond acceptors (Lipinski definition) is 5. The number of aromatic nitrogens is 2. The molecule has 0 aromatic carbocycles. The molecule has 0 radical (unpaired) electrons. The highest BCUT2D eigenvalue weighted by molar-refractivity contribution is 5.86. The fourth-order valence-electron chi connectivity index (χ4n) is 2.49. The molecular formula is C12H19N5O3. The maximum Gasteiger partial charge on any atom is 0.312 e. The van der Waals surface area contributed by atoms with Gasteiger partial charge in [-0.2, -0.15) is 4.98 Å². The van der Waals surface area contributed by atoms with E-state index < -0.39 is 12.1 Å². The lowest BCUT2D eigenvalue weighted by atomic mass is 10.1. The Balaban J connectivity index is 2.16. The minimum atomic E-state index is -0.711. The molecule has 1 aromatic rings. The molecule has 3 amide bonds. The molecule has 2 heterocycles. The van der Waals surface area contributed by atoms with E-state index in [0.717, 1.165) is 25.7 Å². The molecule has 0 aliphatic carbocycles. The van der Waals surface area contributed by atoms with Crippen LogP contribution >= 0.6 is 0 Å². The monoisotopic (exact) mass is 281 g/mol. The number of hydrogen-bond donors (Lipinski definition) is 2. The summed E-state index contributed by atoms with van der Waals surface area (Å²) in [6.07, 6.45) is 5.02. The molecule has 8 nitrogen and oxygen atoms in total. The Bertz CT molecular complexity index is 462. The first-order chi connectivity index (χ1) is 9.59. The van der Waals surface area contributed by atoms with Gasteiger partial charge in [0.1, 0.15) is 6.04 Å². The smallest absolute Gasteiger partial charge is 0.312 e. The van der Waals surface area contributed by atoms with Crippen LogP contribution < -0.4 is 11.1 Å². The molecule has 1 aromatic heterocycles. The molecule has 2 rings (SSSR count). The van der Waals surface area contributed by atoms with Crippen molar-refractivity contribution in [2.45, 2.75) is 44.7 Å². The van der Waals surface area contributed by atoms with Crippen LogP contribution in [0.2, 0.25) is 0 Å². The molecule has 1 fully saturated rings. The van der Waals surface area contributed by atoms with Crippen molar-refractivity contribution in [1.29, 1.82) is 0 Å². The highest BCUT2D eigenvalue weighted by Crippen LogP contribution is 2.28. The number of likely N-dealkylation sites (tertiary alicyclic amines) is 1. The van der Waals surface area contributed by atoms with E-state index in [1.807, 2.05) is 0 Å². The van der Waals surface area contributed by atoms with Crippen molar-refractivity contribution in [2.75, 3.05) is 6.54 Å². The van der Waals surface area contributed by atoms with Gasteiger partial charge in [-0.15, -0.1) is 0 Å². The fourth-order valence-corrected chi connectivity index (χ4v) is 2.49. The number of carbonyl (C=O) groups is 2. The van der Waals surface area contributed by atoms with Gasteiger partial charge in [0.05, 0.1) is 6.04 Å². The third kappa shape index (κ3) is 3.25. The van der Waals surface area contributed by atoms with Gasteiger partial charge < -0.3 is 20.5 Å². The van der Waals surface area contributed by atoms with Crippen LogP contribution in [0.5, 0.6) is 0 Å². The number of primary amides is 1. The number of nitrogens with zero attached hydrogens (tertiary/aromatic N) is 3. The van der Waals surface area contributed by atoms with Gasteiger partial charge in [0.25, 0.3) is 0 Å². The first kappa shape index (κ1) is 14.3. The fraction of sp³-hybridized carbons (Fsp3) is 0.667. The van der Waals surface area contributed by atoms with Crippen LogP contribution in [0.25, 0.3) is 0 Å². The third-order valence-electron chi connectivity index (χ3n) is 3.44. The third-order valence-corrected chi connectivity index (χ3v) is 3.44. The molecule has 1 saturated heterocycles. The summed E-state index contributed by atoms with van der Waals surface area (Å²) >= 11 is 0. The van der Waals surface area contributed by atoms with Crippen LogP contribution in [-0.4, -0.2) is 39.6 Å². The molecule has 0 spiro atoms. The Hall–Kier alpha value is -2.12. The summed E-state index contributed by atoms with van der Waals surface area (Å²) in [7, 11) is 0. The van der Waals surface area contributed by atoms with Crippen molar-refractivity contribution >= 4 is 11.9 Å². The van der Waals surface area contributed by atoms with Crippen molar-refractivity contribution in [3.63, 3.8) is 0 Å². The van der Waals surface area contributed by atoms with E-state index >= 15 is 0 Å². The van der Waals surface area contributed by atoms with Gasteiger partial charge in [0, 0.05) is 6.54 Å². The van der Waals surface area contributed by atoms with Gasteiger partial charge in [-0.1, -0.05) is 18.0 Å². The van der Waals surface area contributed by atoms with Crippen molar-refractivity contribution in [2.24, 2.45) is 5.73 Å². The summed E-state index contributed by atoms with van der Waals surface area (Å²) in [5.41, 5.74) is 5.06. The van der Waals surface area contributed by atoms with E-state index in [4.69, 9.17) is 10.3 Å². The second-order valence-corrected chi connectivity index (χ2v) is 4.92. The molecule has 0 saturated carbocycles. The Morgan fingerprint density at radius 2 is 2.30 bits per heavy atom. The van der Waals surface area contributed by atoms with Gasteiger partial charge in [-0.3, -0.25) is 4.79 Å². The molecule has 1 aliphatic rings. The van der Waals surface area contributed by atoms with Crippen LogP contribution in [0, 0.1) is 0 Å². The maximum atomic E-state index is 12.5. The molecule has 0 bridgehead atoms. The lowest BCUT2D eigenvalue weighted by Crippen LogP contribution is -2.49. The number of nitrogens with one attached hydrogen (secondary N) is 1. The Morgan fingerprint density at radius 3 is 2.95 bits per heavy atom. The Labute approximate surface area is 116 Å². The number of nitrogens with two attached hydrogens (primary N) is 1. The first-order valence-corrected chi connectivity index (χ1v) is 6.72. The van der Waals surface area contributed by atoms with Crippen LogP contribution in [0.15, 0.2) is 10.9 Å². The topological polar surface area (TPSA) is 114 Å². The highest BCUT2D eigenvalue weighted by atomic mass is 16.5. The standard InChI is InChI=1S/C12H19N5O3/c1-8(15-12(13)19)11(18)17-6-4-2-3-5-9(17)10-14-7-20-16-10/h7-9H,2-6H2,1H3,(H3,13,15,19)/t8-,9?/m0/s1. The number of urea groups is 1. The van der Waals surface area contributed by atoms with E-state index in [-0.39, 0.29) is 11.9 Å². The summed E-state index contributed by atoms with van der Waals surface area (Å²) in [5, 5.41) is 6.25. The quantitative estimate of drug-likeness (QED) is 0.840. The zero-order valence-corrected chi connectivity index (χ0v) is 11.4. The number of rotatable bonds is 3. The minimum absolute atomic E-state index is 0.180. The van der Waals surface area contributed by atoms with E-state index in [2.05, 4.69) is 15.5 Å². The Morgan fingerprint density at radius 1 is 1.50 bits per heavy atom. The summed E-state index contributed by atoms with van der Waals surface area (Å²) in [6, 6.07) is -1.59. The van der Waals surface area contributed by atoms with Gasteiger partial charge in [-0.05, 0) is 19.8 Å². The second kappa shape index (κ2) is 6.36. The summed E-state index contributed by atoms with van der Waals surface area (Å²) in [4.78, 5) is 29.1. The van der Waals surface area contributed by atoms with Crippen molar-refractivity contribution in [3.05, 3.63) is 12.2 Å². The Kier molecular flexibility index (Phi) is 4.54. The molecular weight excluding hydrogens is 262 g/mol. The maximum absolute atomic E-state index is 12.5. The van der Waals surface area contributed by atoms with Crippen molar-refractivity contribution in [1.82, 2.24) is 20.4 Å². The molecule has 3 N–H and O–H groups in total. The van der Waals surface area contributed by atoms with Crippen LogP contribution in [-0.2, 0) is 4.79 Å². The first-order valence-electron chi connectivity index (χ1n) is 6.72. The predicted octanol–water partition coefficient (Wildman–Crippen LogP) is 0.570. The van der Waals surface area contributed by atoms with Gasteiger partial charge in [-0.25, -0.2) is 4.79 Å². The van der Waals surface area contributed by atoms with E-state index in [9.17, 15) is 9.59 Å². The van der Waals surface area contributed by atoms with E-state index in [1.54, 1.807) is 11.8 Å². The largest absolute Gasteiger partial charge is 0.352 e. The van der Waals surface area contributed by atoms with Crippen LogP contribution in [0.1, 0.15) is 44.5 Å². The second-order valence-electron chi connectivity index (χ2n) is 4.92. The van der Waals surface area contributed by atoms with Crippen molar-refractivity contribution < 1.29 is 14.1 Å². The van der Waals surface area contributed by atoms with E-state index in [1.165, 1.54) is 6.39 Å². The summed E-state index contributed by atoms with van der Waals surface area (Å²) < 4.78 is 4.77. The van der Waals surface area contributed by atoms with Crippen molar-refractivity contribution in [3.8, 4) is 0 Å². The van der Waals surface area contributed by atoms with Gasteiger partial charge >= 0.3 is 6.03 Å². The number of carbonyl (C=O) groups excluding carboxylic acids is 2. The zero-order chi connectivity index (χ0) is 14.5. The average Bonchev–Trinajstić information content (AvgIpc) is 2.81. The van der Waals surface area contributed by atoms with Gasteiger partial charge in [0.2, 0.25) is 12.3 Å². The van der Waals surface area contributed by atoms with Crippen LogP contribution in [0.4, 0.5) is 4.79 Å². The molecule has 1 aliphatic heterocycles. The molecule has 8 heteroatoms. The molecule has 2 atom stereocenters. The number of amides is 3. The lowest BCUT2D eigenvalue weighted by Gasteiger charge is -2.30. The summed E-state index contributed by atoms with van der Waals surface area (Å²) in [6.45, 7) is 2.23. The molecule has 20 heavy (non-hydrogen) atoms. The zero-order valence-electron chi connectivity index (χ0n) is 11.4. The minimum Gasteiger partial charge on any atom is -0.352 e. The summed E-state index contributed by atoms with van der Waals surface area (Å²) in [5.74, 6) is 0.326. The van der Waals surface area contributed by atoms with E-state index in [0.29, 0.717) is 12.4 Å². The average molecular weight is 281 g/mol. The highest BCUT2D eigenvalue weighted by Gasteiger charge is 2.32. The normalized spacial score (nSPS) is 21.1. The SMILES string of the molecule is C[C@H](NC(N)=O)C(=O)N1CCCCCC1c1ncon1. The predicted molar refractivity (Wildman–Crippen MR) is 69.4 cm³/mol. The molecule has 1 unspecified atom stereocenters. The van der Waals surface area contributed by atoms with Crippen LogP contribution in [0.3, 0.4) is 0 Å². The lowest BCUT2D eigenvalue weighted by molar-refractivity contribution is -0.135.